The number of aryl methyl sites for hydroxylation is 1. The maximum atomic E-state index is 12.0. The van der Waals surface area contributed by atoms with E-state index in [1.165, 1.54) is 0 Å². The van der Waals surface area contributed by atoms with Gasteiger partial charge in [0.25, 0.3) is 11.8 Å². The van der Waals surface area contributed by atoms with E-state index in [0.717, 1.165) is 0 Å². The van der Waals surface area contributed by atoms with Gasteiger partial charge in [0.05, 0.1) is 0 Å². The molecule has 5 heteroatoms. The number of benzene rings is 1. The van der Waals surface area contributed by atoms with Crippen molar-refractivity contribution in [2.75, 3.05) is 12.4 Å². The molecule has 0 aliphatic heterocycles. The number of nitrogens with one attached hydrogen (secondary N) is 2. The van der Waals surface area contributed by atoms with Gasteiger partial charge >= 0.3 is 0 Å². The molecule has 1 aromatic heterocycles. The highest BCUT2D eigenvalue weighted by molar-refractivity contribution is 6.04. The third-order valence-corrected chi connectivity index (χ3v) is 2.79. The van der Waals surface area contributed by atoms with Crippen molar-refractivity contribution in [2.45, 2.75) is 0 Å². The van der Waals surface area contributed by atoms with Gasteiger partial charge in [0.15, 0.2) is 0 Å². The SMILES string of the molecule is CNC(=O)c1cccc(NC(=O)c2cccn2C)c1. The summed E-state index contributed by atoms with van der Waals surface area (Å²) in [5.74, 6) is -0.392. The Morgan fingerprint density at radius 2 is 1.89 bits per heavy atom. The lowest BCUT2D eigenvalue weighted by Gasteiger charge is -2.07. The topological polar surface area (TPSA) is 63.1 Å². The van der Waals surface area contributed by atoms with E-state index in [9.17, 15) is 9.59 Å². The summed E-state index contributed by atoms with van der Waals surface area (Å²) in [6.07, 6.45) is 1.80. The first-order valence-electron chi connectivity index (χ1n) is 5.86. The highest BCUT2D eigenvalue weighted by Gasteiger charge is 2.10. The molecule has 0 aliphatic rings. The molecule has 0 aliphatic carbocycles. The Bertz CT molecular complexity index is 617. The molecule has 1 heterocycles. The number of aromatic nitrogens is 1. The van der Waals surface area contributed by atoms with E-state index in [-0.39, 0.29) is 11.8 Å². The van der Waals surface area contributed by atoms with E-state index >= 15 is 0 Å². The van der Waals surface area contributed by atoms with E-state index < -0.39 is 0 Å². The molecule has 2 N–H and O–H groups in total. The Kier molecular flexibility index (Phi) is 3.66. The molecule has 0 spiro atoms. The average molecular weight is 257 g/mol. The summed E-state index contributed by atoms with van der Waals surface area (Å²) in [5, 5.41) is 5.31. The minimum absolute atomic E-state index is 0.185. The van der Waals surface area contributed by atoms with Crippen LogP contribution in [0.25, 0.3) is 0 Å². The number of anilines is 1. The molecular formula is C14H15N3O2. The number of hydrogen-bond donors (Lipinski definition) is 2. The molecule has 1 aromatic carbocycles. The number of carbonyl (C=O) groups is 2. The predicted octanol–water partition coefficient (Wildman–Crippen LogP) is 1.64. The maximum Gasteiger partial charge on any atom is 0.272 e. The van der Waals surface area contributed by atoms with Crippen molar-refractivity contribution in [1.29, 1.82) is 0 Å². The zero-order valence-corrected chi connectivity index (χ0v) is 10.8. The molecule has 2 rings (SSSR count). The first kappa shape index (κ1) is 12.9. The second kappa shape index (κ2) is 5.39. The smallest absolute Gasteiger partial charge is 0.272 e. The van der Waals surface area contributed by atoms with Crippen molar-refractivity contribution < 1.29 is 9.59 Å². The van der Waals surface area contributed by atoms with Crippen LogP contribution < -0.4 is 10.6 Å². The van der Waals surface area contributed by atoms with Crippen LogP contribution in [0, 0.1) is 0 Å². The molecule has 0 unspecified atom stereocenters. The molecule has 0 atom stereocenters. The lowest BCUT2D eigenvalue weighted by molar-refractivity contribution is 0.0961. The van der Waals surface area contributed by atoms with Crippen LogP contribution in [0.2, 0.25) is 0 Å². The van der Waals surface area contributed by atoms with Crippen molar-refractivity contribution in [3.63, 3.8) is 0 Å². The summed E-state index contributed by atoms with van der Waals surface area (Å²) < 4.78 is 1.73. The Morgan fingerprint density at radius 3 is 2.53 bits per heavy atom. The van der Waals surface area contributed by atoms with Gasteiger partial charge < -0.3 is 15.2 Å². The molecule has 0 saturated carbocycles. The van der Waals surface area contributed by atoms with Crippen LogP contribution in [0.5, 0.6) is 0 Å². The van der Waals surface area contributed by atoms with Gasteiger partial charge in [-0.2, -0.15) is 0 Å². The van der Waals surface area contributed by atoms with Crippen LogP contribution in [0.4, 0.5) is 5.69 Å². The average Bonchev–Trinajstić information content (AvgIpc) is 2.84. The minimum Gasteiger partial charge on any atom is -0.355 e. The fourth-order valence-electron chi connectivity index (χ4n) is 1.77. The van der Waals surface area contributed by atoms with E-state index in [1.807, 2.05) is 0 Å². The summed E-state index contributed by atoms with van der Waals surface area (Å²) in [4.78, 5) is 23.5. The van der Waals surface area contributed by atoms with Crippen LogP contribution in [-0.2, 0) is 7.05 Å². The van der Waals surface area contributed by atoms with E-state index in [4.69, 9.17) is 0 Å². The van der Waals surface area contributed by atoms with Gasteiger partial charge in [-0.3, -0.25) is 9.59 Å². The first-order chi connectivity index (χ1) is 9.11. The van der Waals surface area contributed by atoms with Gasteiger partial charge in [0.1, 0.15) is 5.69 Å². The number of hydrogen-bond acceptors (Lipinski definition) is 2. The van der Waals surface area contributed by atoms with Gasteiger partial charge in [0.2, 0.25) is 0 Å². The van der Waals surface area contributed by atoms with Gasteiger partial charge in [-0.1, -0.05) is 6.07 Å². The largest absolute Gasteiger partial charge is 0.355 e. The molecule has 0 radical (unpaired) electrons. The zero-order valence-electron chi connectivity index (χ0n) is 10.8. The molecule has 0 saturated heterocycles. The summed E-state index contributed by atoms with van der Waals surface area (Å²) in [6.45, 7) is 0. The Morgan fingerprint density at radius 1 is 1.11 bits per heavy atom. The van der Waals surface area contributed by atoms with Crippen LogP contribution >= 0.6 is 0 Å². The van der Waals surface area contributed by atoms with Crippen molar-refractivity contribution >= 4 is 17.5 Å². The van der Waals surface area contributed by atoms with Crippen molar-refractivity contribution in [3.05, 3.63) is 53.9 Å². The highest BCUT2D eigenvalue weighted by Crippen LogP contribution is 2.12. The third kappa shape index (κ3) is 2.82. The highest BCUT2D eigenvalue weighted by atomic mass is 16.2. The molecule has 5 nitrogen and oxygen atoms in total. The van der Waals surface area contributed by atoms with Crippen LogP contribution in [0.1, 0.15) is 20.8 Å². The van der Waals surface area contributed by atoms with Gasteiger partial charge in [-0.05, 0) is 30.3 Å². The van der Waals surface area contributed by atoms with Gasteiger partial charge in [-0.25, -0.2) is 0 Å². The Balaban J connectivity index is 2.18. The molecule has 98 valence electrons. The molecule has 2 amide bonds. The van der Waals surface area contributed by atoms with E-state index in [1.54, 1.807) is 61.3 Å². The fraction of sp³-hybridized carbons (Fsp3) is 0.143. The molecule has 2 aromatic rings. The van der Waals surface area contributed by atoms with Crippen molar-refractivity contribution in [3.8, 4) is 0 Å². The molecule has 0 bridgehead atoms. The normalized spacial score (nSPS) is 10.0. The van der Waals surface area contributed by atoms with Crippen LogP contribution in [-0.4, -0.2) is 23.4 Å². The van der Waals surface area contributed by atoms with Gasteiger partial charge in [0, 0.05) is 31.5 Å². The standard InChI is InChI=1S/C14H15N3O2/c1-15-13(18)10-5-3-6-11(9-10)16-14(19)12-7-4-8-17(12)2/h3-9H,1-2H3,(H,15,18)(H,16,19). The van der Waals surface area contributed by atoms with E-state index in [2.05, 4.69) is 10.6 Å². The van der Waals surface area contributed by atoms with Crippen molar-refractivity contribution in [1.82, 2.24) is 9.88 Å². The predicted molar refractivity (Wildman–Crippen MR) is 73.2 cm³/mol. The van der Waals surface area contributed by atoms with Crippen LogP contribution in [0.15, 0.2) is 42.6 Å². The number of amides is 2. The number of carbonyl (C=O) groups excluding carboxylic acids is 2. The summed E-state index contributed by atoms with van der Waals surface area (Å²) in [5.41, 5.74) is 1.66. The summed E-state index contributed by atoms with van der Waals surface area (Å²) in [7, 11) is 3.37. The second-order valence-electron chi connectivity index (χ2n) is 4.12. The number of rotatable bonds is 3. The molecule has 0 fully saturated rings. The lowest BCUT2D eigenvalue weighted by atomic mass is 10.2. The maximum absolute atomic E-state index is 12.0. The van der Waals surface area contributed by atoms with Crippen LogP contribution in [0.3, 0.4) is 0 Å². The summed E-state index contributed by atoms with van der Waals surface area (Å²) >= 11 is 0. The second-order valence-corrected chi connectivity index (χ2v) is 4.12. The zero-order chi connectivity index (χ0) is 13.8. The first-order valence-corrected chi connectivity index (χ1v) is 5.86. The third-order valence-electron chi connectivity index (χ3n) is 2.79. The monoisotopic (exact) mass is 257 g/mol. The molecular weight excluding hydrogens is 242 g/mol. The van der Waals surface area contributed by atoms with Gasteiger partial charge in [-0.15, -0.1) is 0 Å². The lowest BCUT2D eigenvalue weighted by Crippen LogP contribution is -2.19. The van der Waals surface area contributed by atoms with Crippen molar-refractivity contribution in [2.24, 2.45) is 7.05 Å². The minimum atomic E-state index is -0.207. The Labute approximate surface area is 111 Å². The number of nitrogens with zero attached hydrogens (tertiary/aromatic N) is 1. The molecule has 19 heavy (non-hydrogen) atoms. The summed E-state index contributed by atoms with van der Waals surface area (Å²) in [6, 6.07) is 10.3. The van der Waals surface area contributed by atoms with E-state index in [0.29, 0.717) is 16.9 Å². The quantitative estimate of drug-likeness (QED) is 0.878. The fourth-order valence-corrected chi connectivity index (χ4v) is 1.77. The Hall–Kier alpha value is -2.56.